The Morgan fingerprint density at radius 3 is 2.35 bits per heavy atom. The third-order valence-electron chi connectivity index (χ3n) is 5.36. The van der Waals surface area contributed by atoms with Crippen molar-refractivity contribution in [1.29, 1.82) is 0 Å². The Morgan fingerprint density at radius 1 is 1.13 bits per heavy atom. The SMILES string of the molecule is CC(C)(C)CC(C)(C)c1cc2c(cc1O)C=CC(C)(COc1ccc([N+](=O)[O-])cc1)O2. The van der Waals surface area contributed by atoms with E-state index in [4.69, 9.17) is 9.47 Å². The quantitative estimate of drug-likeness (QED) is 0.436. The Balaban J connectivity index is 1.79. The second-order valence-electron chi connectivity index (χ2n) is 10.3. The number of phenols is 1. The maximum Gasteiger partial charge on any atom is 0.269 e. The van der Waals surface area contributed by atoms with Crippen LogP contribution in [0.2, 0.25) is 0 Å². The molecule has 1 heterocycles. The predicted molar refractivity (Wildman–Crippen MR) is 122 cm³/mol. The van der Waals surface area contributed by atoms with Crippen molar-refractivity contribution >= 4 is 11.8 Å². The molecule has 166 valence electrons. The fourth-order valence-electron chi connectivity index (χ4n) is 4.29. The summed E-state index contributed by atoms with van der Waals surface area (Å²) in [4.78, 5) is 10.4. The van der Waals surface area contributed by atoms with Crippen molar-refractivity contribution in [2.45, 2.75) is 59.0 Å². The van der Waals surface area contributed by atoms with E-state index in [0.29, 0.717) is 11.5 Å². The van der Waals surface area contributed by atoms with Gasteiger partial charge in [-0.2, -0.15) is 0 Å². The van der Waals surface area contributed by atoms with Crippen molar-refractivity contribution in [3.05, 3.63) is 63.7 Å². The van der Waals surface area contributed by atoms with Gasteiger partial charge in [-0.15, -0.1) is 0 Å². The molecule has 6 nitrogen and oxygen atoms in total. The molecule has 1 atom stereocenters. The molecule has 0 fully saturated rings. The normalized spacial score (nSPS) is 18.3. The van der Waals surface area contributed by atoms with Gasteiger partial charge in [-0.25, -0.2) is 0 Å². The molecule has 1 aliphatic rings. The highest BCUT2D eigenvalue weighted by Crippen LogP contribution is 2.44. The molecule has 0 aliphatic carbocycles. The summed E-state index contributed by atoms with van der Waals surface area (Å²) >= 11 is 0. The van der Waals surface area contributed by atoms with Gasteiger partial charge in [0, 0.05) is 23.3 Å². The number of ether oxygens (including phenoxy) is 2. The highest BCUT2D eigenvalue weighted by molar-refractivity contribution is 5.65. The number of fused-ring (bicyclic) bond motifs is 1. The van der Waals surface area contributed by atoms with Crippen LogP contribution >= 0.6 is 0 Å². The average molecular weight is 426 g/mol. The van der Waals surface area contributed by atoms with E-state index in [1.165, 1.54) is 12.1 Å². The van der Waals surface area contributed by atoms with Gasteiger partial charge in [0.15, 0.2) is 5.60 Å². The van der Waals surface area contributed by atoms with Gasteiger partial charge in [0.25, 0.3) is 5.69 Å². The van der Waals surface area contributed by atoms with E-state index in [-0.39, 0.29) is 28.9 Å². The van der Waals surface area contributed by atoms with Crippen LogP contribution in [-0.2, 0) is 5.41 Å². The fourth-order valence-corrected chi connectivity index (χ4v) is 4.29. The summed E-state index contributed by atoms with van der Waals surface area (Å²) in [7, 11) is 0. The minimum absolute atomic E-state index is 0.0199. The van der Waals surface area contributed by atoms with Crippen molar-refractivity contribution in [3.8, 4) is 17.2 Å². The minimum atomic E-state index is -0.711. The first-order valence-corrected chi connectivity index (χ1v) is 10.4. The summed E-state index contributed by atoms with van der Waals surface area (Å²) in [5.74, 6) is 1.51. The lowest BCUT2D eigenvalue weighted by atomic mass is 9.72. The number of nitro benzene ring substituents is 1. The smallest absolute Gasteiger partial charge is 0.269 e. The molecule has 0 aromatic heterocycles. The molecule has 0 bridgehead atoms. The third kappa shape index (κ3) is 5.37. The Labute approximate surface area is 183 Å². The lowest BCUT2D eigenvalue weighted by Crippen LogP contribution is -2.38. The first-order valence-electron chi connectivity index (χ1n) is 10.4. The molecular formula is C25H31NO5. The van der Waals surface area contributed by atoms with Crippen molar-refractivity contribution in [3.63, 3.8) is 0 Å². The first-order chi connectivity index (χ1) is 14.3. The number of nitro groups is 1. The second kappa shape index (κ2) is 7.91. The van der Waals surface area contributed by atoms with Crippen LogP contribution in [0.3, 0.4) is 0 Å². The van der Waals surface area contributed by atoms with Crippen LogP contribution in [0.4, 0.5) is 5.69 Å². The molecule has 2 aromatic rings. The van der Waals surface area contributed by atoms with E-state index < -0.39 is 10.5 Å². The molecule has 1 unspecified atom stereocenters. The fraction of sp³-hybridized carbons (Fsp3) is 0.440. The standard InChI is InChI=1S/C25H31NO5/c1-23(2,3)15-24(4,5)20-14-22-17(13-21(20)27)11-12-25(6,31-22)16-30-19-9-7-18(8-10-19)26(28)29/h7-14,27H,15-16H2,1-6H3. The molecule has 1 aliphatic heterocycles. The molecule has 6 heteroatoms. The van der Waals surface area contributed by atoms with Gasteiger partial charge in [0.2, 0.25) is 0 Å². The van der Waals surface area contributed by atoms with Gasteiger partial charge in [-0.3, -0.25) is 10.1 Å². The van der Waals surface area contributed by atoms with E-state index in [9.17, 15) is 15.2 Å². The van der Waals surface area contributed by atoms with Gasteiger partial charge in [-0.1, -0.05) is 40.7 Å². The third-order valence-corrected chi connectivity index (χ3v) is 5.36. The van der Waals surface area contributed by atoms with Gasteiger partial charge in [0.1, 0.15) is 23.9 Å². The van der Waals surface area contributed by atoms with Crippen molar-refractivity contribution in [2.24, 2.45) is 5.41 Å². The Kier molecular flexibility index (Phi) is 5.78. The maximum atomic E-state index is 10.8. The summed E-state index contributed by atoms with van der Waals surface area (Å²) in [6.45, 7) is 13.0. The van der Waals surface area contributed by atoms with Gasteiger partial charge >= 0.3 is 0 Å². The van der Waals surface area contributed by atoms with Crippen molar-refractivity contribution in [1.82, 2.24) is 0 Å². The molecular weight excluding hydrogens is 394 g/mol. The second-order valence-corrected chi connectivity index (χ2v) is 10.3. The number of benzene rings is 2. The number of nitrogens with zero attached hydrogens (tertiary/aromatic N) is 1. The lowest BCUT2D eigenvalue weighted by Gasteiger charge is -2.36. The zero-order valence-electron chi connectivity index (χ0n) is 19.1. The van der Waals surface area contributed by atoms with Crippen LogP contribution in [0.15, 0.2) is 42.5 Å². The lowest BCUT2D eigenvalue weighted by molar-refractivity contribution is -0.384. The Bertz CT molecular complexity index is 1000. The van der Waals surface area contributed by atoms with Crippen LogP contribution in [0.25, 0.3) is 6.08 Å². The Morgan fingerprint density at radius 2 is 1.77 bits per heavy atom. The van der Waals surface area contributed by atoms with Crippen molar-refractivity contribution < 1.29 is 19.5 Å². The van der Waals surface area contributed by atoms with Crippen molar-refractivity contribution in [2.75, 3.05) is 6.61 Å². The average Bonchev–Trinajstić information content (AvgIpc) is 2.65. The predicted octanol–water partition coefficient (Wildman–Crippen LogP) is 6.26. The van der Waals surface area contributed by atoms with Gasteiger partial charge in [0.05, 0.1) is 4.92 Å². The maximum absolute atomic E-state index is 10.8. The molecule has 0 spiro atoms. The number of non-ortho nitro benzene ring substituents is 1. The number of hydrogen-bond donors (Lipinski definition) is 1. The highest BCUT2D eigenvalue weighted by atomic mass is 16.6. The van der Waals surface area contributed by atoms with E-state index in [0.717, 1.165) is 17.5 Å². The summed E-state index contributed by atoms with van der Waals surface area (Å²) in [6, 6.07) is 9.67. The van der Waals surface area contributed by atoms with E-state index in [2.05, 4.69) is 34.6 Å². The highest BCUT2D eigenvalue weighted by Gasteiger charge is 2.33. The molecule has 1 N–H and O–H groups in total. The summed E-state index contributed by atoms with van der Waals surface area (Å²) in [5, 5.41) is 21.5. The van der Waals surface area contributed by atoms with E-state index in [1.807, 2.05) is 25.1 Å². The van der Waals surface area contributed by atoms with Gasteiger partial charge < -0.3 is 14.6 Å². The summed E-state index contributed by atoms with van der Waals surface area (Å²) in [6.07, 6.45) is 4.74. The molecule has 0 radical (unpaired) electrons. The largest absolute Gasteiger partial charge is 0.508 e. The topological polar surface area (TPSA) is 81.8 Å². The summed E-state index contributed by atoms with van der Waals surface area (Å²) < 4.78 is 12.1. The molecule has 0 saturated heterocycles. The summed E-state index contributed by atoms with van der Waals surface area (Å²) in [5.41, 5.74) is 0.868. The van der Waals surface area contributed by atoms with Gasteiger partial charge in [-0.05, 0) is 54.5 Å². The first kappa shape index (κ1) is 22.7. The monoisotopic (exact) mass is 425 g/mol. The zero-order chi connectivity index (χ0) is 23.0. The van der Waals surface area contributed by atoms with Crippen LogP contribution in [0, 0.1) is 15.5 Å². The molecule has 0 amide bonds. The molecule has 31 heavy (non-hydrogen) atoms. The number of rotatable bonds is 6. The Hall–Kier alpha value is -3.02. The van der Waals surface area contributed by atoms with Crippen LogP contribution in [-0.4, -0.2) is 22.2 Å². The van der Waals surface area contributed by atoms with Crippen LogP contribution in [0.1, 0.15) is 59.1 Å². The number of hydrogen-bond acceptors (Lipinski definition) is 5. The zero-order valence-corrected chi connectivity index (χ0v) is 19.1. The molecule has 3 rings (SSSR count). The van der Waals surface area contributed by atoms with Crippen LogP contribution in [0.5, 0.6) is 17.2 Å². The van der Waals surface area contributed by atoms with E-state index in [1.54, 1.807) is 18.2 Å². The number of aromatic hydroxyl groups is 1. The van der Waals surface area contributed by atoms with Crippen LogP contribution < -0.4 is 9.47 Å². The molecule has 0 saturated carbocycles. The minimum Gasteiger partial charge on any atom is -0.508 e. The number of phenolic OH excluding ortho intramolecular Hbond substituents is 1. The molecule has 2 aromatic carbocycles. The van der Waals surface area contributed by atoms with E-state index >= 15 is 0 Å².